The van der Waals surface area contributed by atoms with Gasteiger partial charge in [0, 0.05) is 22.9 Å². The monoisotopic (exact) mass is 251 g/mol. The van der Waals surface area contributed by atoms with Crippen molar-refractivity contribution in [1.82, 2.24) is 5.32 Å². The molecule has 2 unspecified atom stereocenters. The summed E-state index contributed by atoms with van der Waals surface area (Å²) >= 11 is 1.88. The number of hydrogen-bond donors (Lipinski definition) is 1. The summed E-state index contributed by atoms with van der Waals surface area (Å²) in [6.07, 6.45) is 5.54. The van der Waals surface area contributed by atoms with Gasteiger partial charge in [0.1, 0.15) is 0 Å². The van der Waals surface area contributed by atoms with Gasteiger partial charge in [0.15, 0.2) is 0 Å². The van der Waals surface area contributed by atoms with Crippen LogP contribution in [-0.4, -0.2) is 12.6 Å². The van der Waals surface area contributed by atoms with Crippen LogP contribution in [0.5, 0.6) is 0 Å². The van der Waals surface area contributed by atoms with Crippen molar-refractivity contribution in [3.8, 4) is 0 Å². The molecule has 0 amide bonds. The zero-order valence-electron chi connectivity index (χ0n) is 11.3. The molecule has 17 heavy (non-hydrogen) atoms. The second-order valence-corrected chi connectivity index (χ2v) is 6.90. The van der Waals surface area contributed by atoms with Crippen LogP contribution in [0, 0.1) is 5.92 Å². The summed E-state index contributed by atoms with van der Waals surface area (Å²) in [5.74, 6) is 0.911. The third-order valence-electron chi connectivity index (χ3n) is 4.18. The fourth-order valence-electron chi connectivity index (χ4n) is 2.93. The highest BCUT2D eigenvalue weighted by Gasteiger charge is 2.28. The van der Waals surface area contributed by atoms with Gasteiger partial charge in [-0.15, -0.1) is 11.3 Å². The fourth-order valence-corrected chi connectivity index (χ4v) is 3.78. The maximum atomic E-state index is 3.82. The number of rotatable bonds is 5. The van der Waals surface area contributed by atoms with Gasteiger partial charge < -0.3 is 5.32 Å². The average molecular weight is 251 g/mol. The smallest absolute Gasteiger partial charge is 0.0115 e. The van der Waals surface area contributed by atoms with Crippen molar-refractivity contribution in [2.45, 2.75) is 57.9 Å². The van der Waals surface area contributed by atoms with Crippen LogP contribution >= 0.6 is 11.3 Å². The molecule has 1 aliphatic carbocycles. The van der Waals surface area contributed by atoms with E-state index in [-0.39, 0.29) is 5.41 Å². The van der Waals surface area contributed by atoms with Crippen molar-refractivity contribution in [2.75, 3.05) is 6.54 Å². The Hall–Kier alpha value is -0.340. The molecule has 1 nitrogen and oxygen atoms in total. The lowest BCUT2D eigenvalue weighted by molar-refractivity contribution is 0.354. The van der Waals surface area contributed by atoms with Gasteiger partial charge in [0.05, 0.1) is 0 Å². The normalized spacial score (nSPS) is 25.4. The molecule has 1 aromatic rings. The number of thiophene rings is 1. The maximum Gasteiger partial charge on any atom is 0.0115 e. The van der Waals surface area contributed by atoms with E-state index in [1.165, 1.54) is 30.6 Å². The van der Waals surface area contributed by atoms with Crippen LogP contribution in [0.4, 0.5) is 0 Å². The Morgan fingerprint density at radius 1 is 1.41 bits per heavy atom. The molecule has 0 spiro atoms. The van der Waals surface area contributed by atoms with E-state index in [1.807, 2.05) is 11.3 Å². The van der Waals surface area contributed by atoms with E-state index >= 15 is 0 Å². The molecule has 2 rings (SSSR count). The van der Waals surface area contributed by atoms with Crippen LogP contribution in [0.2, 0.25) is 0 Å². The molecule has 1 aliphatic rings. The zero-order chi connectivity index (χ0) is 12.3. The van der Waals surface area contributed by atoms with Crippen LogP contribution in [0.25, 0.3) is 0 Å². The molecule has 0 saturated heterocycles. The van der Waals surface area contributed by atoms with E-state index in [0.717, 1.165) is 18.5 Å². The second kappa shape index (κ2) is 5.53. The maximum absolute atomic E-state index is 3.82. The molecule has 0 aliphatic heterocycles. The average Bonchev–Trinajstić information content (AvgIpc) is 2.97. The highest BCUT2D eigenvalue weighted by molar-refractivity contribution is 7.10. The molecule has 0 radical (unpaired) electrons. The van der Waals surface area contributed by atoms with Crippen LogP contribution < -0.4 is 5.32 Å². The van der Waals surface area contributed by atoms with Crippen molar-refractivity contribution in [2.24, 2.45) is 5.92 Å². The predicted octanol–water partition coefficient (Wildman–Crippen LogP) is 4.19. The molecule has 1 aromatic heterocycles. The molecule has 2 atom stereocenters. The second-order valence-electron chi connectivity index (χ2n) is 5.95. The van der Waals surface area contributed by atoms with Gasteiger partial charge in [-0.3, -0.25) is 0 Å². The quantitative estimate of drug-likeness (QED) is 0.827. The van der Waals surface area contributed by atoms with Crippen LogP contribution in [-0.2, 0) is 5.41 Å². The largest absolute Gasteiger partial charge is 0.313 e. The third kappa shape index (κ3) is 3.11. The molecule has 0 bridgehead atoms. The minimum atomic E-state index is 0.273. The summed E-state index contributed by atoms with van der Waals surface area (Å²) < 4.78 is 0. The van der Waals surface area contributed by atoms with Crippen LogP contribution in [0.3, 0.4) is 0 Å². The summed E-state index contributed by atoms with van der Waals surface area (Å²) in [7, 11) is 0. The van der Waals surface area contributed by atoms with Gasteiger partial charge in [-0.2, -0.15) is 0 Å². The lowest BCUT2D eigenvalue weighted by atomic mass is 9.90. The molecular formula is C15H25NS. The van der Waals surface area contributed by atoms with Gasteiger partial charge >= 0.3 is 0 Å². The van der Waals surface area contributed by atoms with Gasteiger partial charge in [-0.1, -0.05) is 39.7 Å². The lowest BCUT2D eigenvalue weighted by Crippen LogP contribution is -2.40. The first kappa shape index (κ1) is 13.1. The standard InChI is InChI=1S/C15H25NS/c1-4-12-7-5-8-13(12)16-11-15(2,3)14-9-6-10-17-14/h6,9-10,12-13,16H,4-5,7-8,11H2,1-3H3. The van der Waals surface area contributed by atoms with Crippen molar-refractivity contribution < 1.29 is 0 Å². The van der Waals surface area contributed by atoms with E-state index in [2.05, 4.69) is 43.6 Å². The zero-order valence-corrected chi connectivity index (χ0v) is 12.1. The van der Waals surface area contributed by atoms with Gasteiger partial charge in [-0.05, 0) is 30.2 Å². The van der Waals surface area contributed by atoms with E-state index in [1.54, 1.807) is 0 Å². The van der Waals surface area contributed by atoms with E-state index in [9.17, 15) is 0 Å². The van der Waals surface area contributed by atoms with Crippen LogP contribution in [0.1, 0.15) is 51.3 Å². The summed E-state index contributed by atoms with van der Waals surface area (Å²) in [5.41, 5.74) is 0.273. The Morgan fingerprint density at radius 2 is 2.24 bits per heavy atom. The highest BCUT2D eigenvalue weighted by Crippen LogP contribution is 2.30. The molecule has 1 fully saturated rings. The van der Waals surface area contributed by atoms with Gasteiger partial charge in [-0.25, -0.2) is 0 Å². The minimum absolute atomic E-state index is 0.273. The van der Waals surface area contributed by atoms with Crippen molar-refractivity contribution in [3.05, 3.63) is 22.4 Å². The fraction of sp³-hybridized carbons (Fsp3) is 0.733. The first-order valence-electron chi connectivity index (χ1n) is 6.91. The summed E-state index contributed by atoms with van der Waals surface area (Å²) in [6.45, 7) is 8.13. The Balaban J connectivity index is 1.89. The molecule has 1 N–H and O–H groups in total. The summed E-state index contributed by atoms with van der Waals surface area (Å²) in [5, 5.41) is 6.00. The minimum Gasteiger partial charge on any atom is -0.313 e. The molecule has 96 valence electrons. The summed E-state index contributed by atoms with van der Waals surface area (Å²) in [6, 6.07) is 5.18. The first-order chi connectivity index (χ1) is 8.13. The molecule has 0 aromatic carbocycles. The molecule has 1 saturated carbocycles. The van der Waals surface area contributed by atoms with E-state index < -0.39 is 0 Å². The molecule has 2 heteroatoms. The van der Waals surface area contributed by atoms with Gasteiger partial charge in [0.2, 0.25) is 0 Å². The Bertz CT molecular complexity index is 329. The highest BCUT2D eigenvalue weighted by atomic mass is 32.1. The Labute approximate surface area is 110 Å². The van der Waals surface area contributed by atoms with E-state index in [0.29, 0.717) is 0 Å². The molecule has 1 heterocycles. The van der Waals surface area contributed by atoms with Crippen molar-refractivity contribution >= 4 is 11.3 Å². The first-order valence-corrected chi connectivity index (χ1v) is 7.79. The Morgan fingerprint density at radius 3 is 2.88 bits per heavy atom. The van der Waals surface area contributed by atoms with Crippen LogP contribution in [0.15, 0.2) is 17.5 Å². The SMILES string of the molecule is CCC1CCCC1NCC(C)(C)c1cccs1. The third-order valence-corrected chi connectivity index (χ3v) is 5.41. The summed E-state index contributed by atoms with van der Waals surface area (Å²) in [4.78, 5) is 1.50. The van der Waals surface area contributed by atoms with Gasteiger partial charge in [0.25, 0.3) is 0 Å². The Kier molecular flexibility index (Phi) is 4.26. The number of nitrogens with one attached hydrogen (secondary N) is 1. The lowest BCUT2D eigenvalue weighted by Gasteiger charge is -2.28. The van der Waals surface area contributed by atoms with E-state index in [4.69, 9.17) is 0 Å². The number of hydrogen-bond acceptors (Lipinski definition) is 2. The molecular weight excluding hydrogens is 226 g/mol. The van der Waals surface area contributed by atoms with Crippen molar-refractivity contribution in [3.63, 3.8) is 0 Å². The predicted molar refractivity (Wildman–Crippen MR) is 76.8 cm³/mol. The topological polar surface area (TPSA) is 12.0 Å². The van der Waals surface area contributed by atoms with Crippen molar-refractivity contribution in [1.29, 1.82) is 0 Å².